The van der Waals surface area contributed by atoms with E-state index in [1.165, 1.54) is 12.8 Å². The molecule has 1 aliphatic heterocycles. The number of hydrogen-bond donors (Lipinski definition) is 2. The van der Waals surface area contributed by atoms with Gasteiger partial charge in [0.15, 0.2) is 6.19 Å². The zero-order chi connectivity index (χ0) is 17.6. The molecule has 3 rings (SSSR count). The van der Waals surface area contributed by atoms with Gasteiger partial charge in [-0.15, -0.1) is 0 Å². The Bertz CT molecular complexity index is 664. The van der Waals surface area contributed by atoms with E-state index in [9.17, 15) is 4.79 Å². The lowest BCUT2D eigenvalue weighted by molar-refractivity contribution is 0.0690. The Morgan fingerprint density at radius 1 is 1.12 bits per heavy atom. The Hall–Kier alpha value is -2.75. The summed E-state index contributed by atoms with van der Waals surface area (Å²) >= 11 is 0. The summed E-state index contributed by atoms with van der Waals surface area (Å²) in [5, 5.41) is 11.7. The van der Waals surface area contributed by atoms with E-state index in [-0.39, 0.29) is 5.91 Å². The minimum absolute atomic E-state index is 0.0159. The number of piperazine rings is 1. The van der Waals surface area contributed by atoms with Gasteiger partial charge in [0.25, 0.3) is 5.91 Å². The van der Waals surface area contributed by atoms with Crippen molar-refractivity contribution in [2.45, 2.75) is 31.7 Å². The summed E-state index contributed by atoms with van der Waals surface area (Å²) in [6.07, 6.45) is 6.58. The number of nitrogens with one attached hydrogen (secondary N) is 1. The van der Waals surface area contributed by atoms with E-state index in [1.807, 2.05) is 11.1 Å². The summed E-state index contributed by atoms with van der Waals surface area (Å²) in [5.74, 6) is 0.663. The van der Waals surface area contributed by atoms with Crippen molar-refractivity contribution >= 4 is 17.6 Å². The van der Waals surface area contributed by atoms with Crippen molar-refractivity contribution < 1.29 is 4.79 Å². The number of nitriles is 1. The third-order valence-electron chi connectivity index (χ3n) is 4.82. The van der Waals surface area contributed by atoms with E-state index in [0.717, 1.165) is 12.8 Å². The molecule has 0 atom stereocenters. The van der Waals surface area contributed by atoms with Crippen LogP contribution in [0.3, 0.4) is 0 Å². The molecule has 1 saturated heterocycles. The highest BCUT2D eigenvalue weighted by Gasteiger charge is 2.25. The topological polar surface area (TPSA) is 97.8 Å². The molecule has 3 N–H and O–H groups in total. The molecule has 1 aliphatic carbocycles. The molecule has 7 nitrogen and oxygen atoms in total. The molecule has 0 bridgehead atoms. The van der Waals surface area contributed by atoms with Gasteiger partial charge >= 0.3 is 0 Å². The molecule has 2 fully saturated rings. The van der Waals surface area contributed by atoms with Gasteiger partial charge in [-0.3, -0.25) is 10.1 Å². The second kappa shape index (κ2) is 7.88. The van der Waals surface area contributed by atoms with Crippen molar-refractivity contribution in [3.05, 3.63) is 29.8 Å². The fourth-order valence-corrected chi connectivity index (χ4v) is 3.38. The second-order valence-electron chi connectivity index (χ2n) is 6.53. The second-order valence-corrected chi connectivity index (χ2v) is 6.53. The summed E-state index contributed by atoms with van der Waals surface area (Å²) in [4.78, 5) is 21.2. The molecule has 1 amide bonds. The van der Waals surface area contributed by atoms with Crippen LogP contribution in [0.1, 0.15) is 36.0 Å². The largest absolute Gasteiger partial charge is 0.399 e. The van der Waals surface area contributed by atoms with Crippen LogP contribution in [0.4, 0.5) is 5.69 Å². The predicted octanol–water partition coefficient (Wildman–Crippen LogP) is 1.40. The number of carbonyl (C=O) groups excluding carboxylic acids is 1. The smallest absolute Gasteiger partial charge is 0.253 e. The molecular weight excluding hydrogens is 316 g/mol. The van der Waals surface area contributed by atoms with E-state index in [4.69, 9.17) is 16.0 Å². The van der Waals surface area contributed by atoms with Gasteiger partial charge in [-0.2, -0.15) is 5.26 Å². The quantitative estimate of drug-likeness (QED) is 0.279. The first-order valence-electron chi connectivity index (χ1n) is 8.80. The fourth-order valence-electron chi connectivity index (χ4n) is 3.38. The van der Waals surface area contributed by atoms with Crippen LogP contribution in [-0.2, 0) is 0 Å². The van der Waals surface area contributed by atoms with E-state index >= 15 is 0 Å². The van der Waals surface area contributed by atoms with Gasteiger partial charge in [0.1, 0.15) is 0 Å². The number of benzene rings is 1. The van der Waals surface area contributed by atoms with Gasteiger partial charge in [-0.05, 0) is 37.1 Å². The molecule has 1 saturated carbocycles. The first-order chi connectivity index (χ1) is 12.2. The Morgan fingerprint density at radius 2 is 1.72 bits per heavy atom. The Labute approximate surface area is 148 Å². The molecule has 25 heavy (non-hydrogen) atoms. The number of carbonyl (C=O) groups is 1. The minimum Gasteiger partial charge on any atom is -0.399 e. The average Bonchev–Trinajstić information content (AvgIpc) is 3.15. The van der Waals surface area contributed by atoms with Crippen LogP contribution in [0, 0.1) is 11.5 Å². The number of aliphatic imine (C=N–C) groups is 1. The van der Waals surface area contributed by atoms with Crippen LogP contribution in [0.15, 0.2) is 29.3 Å². The maximum absolute atomic E-state index is 12.6. The van der Waals surface area contributed by atoms with Crippen molar-refractivity contribution in [2.75, 3.05) is 31.9 Å². The fraction of sp³-hybridized carbons (Fsp3) is 0.500. The molecular formula is C18H24N6O. The van der Waals surface area contributed by atoms with Gasteiger partial charge in [0.2, 0.25) is 5.96 Å². The van der Waals surface area contributed by atoms with Crippen LogP contribution in [0.25, 0.3) is 0 Å². The molecule has 0 spiro atoms. The third kappa shape index (κ3) is 4.21. The monoisotopic (exact) mass is 340 g/mol. The van der Waals surface area contributed by atoms with Crippen LogP contribution in [-0.4, -0.2) is 53.9 Å². The maximum Gasteiger partial charge on any atom is 0.253 e. The number of rotatable bonds is 2. The number of nitrogen functional groups attached to an aromatic ring is 1. The first kappa shape index (κ1) is 17.1. The maximum atomic E-state index is 12.6. The Kier molecular flexibility index (Phi) is 5.39. The van der Waals surface area contributed by atoms with Crippen molar-refractivity contribution in [3.63, 3.8) is 0 Å². The summed E-state index contributed by atoms with van der Waals surface area (Å²) in [7, 11) is 0. The van der Waals surface area contributed by atoms with Gasteiger partial charge in [0.05, 0.1) is 6.04 Å². The highest BCUT2D eigenvalue weighted by molar-refractivity contribution is 5.94. The van der Waals surface area contributed by atoms with E-state index in [0.29, 0.717) is 49.4 Å². The van der Waals surface area contributed by atoms with Crippen LogP contribution in [0.2, 0.25) is 0 Å². The Morgan fingerprint density at radius 3 is 2.32 bits per heavy atom. The summed E-state index contributed by atoms with van der Waals surface area (Å²) in [5.41, 5.74) is 6.97. The molecule has 1 aromatic carbocycles. The van der Waals surface area contributed by atoms with Gasteiger partial charge in [-0.1, -0.05) is 12.8 Å². The number of nitrogens with zero attached hydrogens (tertiary/aromatic N) is 4. The van der Waals surface area contributed by atoms with Crippen LogP contribution < -0.4 is 11.1 Å². The summed E-state index contributed by atoms with van der Waals surface area (Å²) < 4.78 is 0. The van der Waals surface area contributed by atoms with Crippen LogP contribution >= 0.6 is 0 Å². The van der Waals surface area contributed by atoms with Crippen molar-refractivity contribution in [3.8, 4) is 6.19 Å². The molecule has 1 heterocycles. The van der Waals surface area contributed by atoms with Crippen LogP contribution in [0.5, 0.6) is 0 Å². The van der Waals surface area contributed by atoms with Gasteiger partial charge in [0, 0.05) is 37.4 Å². The highest BCUT2D eigenvalue weighted by atomic mass is 16.2. The normalized spacial score (nSPS) is 18.9. The van der Waals surface area contributed by atoms with E-state index in [1.54, 1.807) is 24.3 Å². The molecule has 0 aromatic heterocycles. The van der Waals surface area contributed by atoms with Gasteiger partial charge in [-0.25, -0.2) is 4.99 Å². The lowest BCUT2D eigenvalue weighted by Gasteiger charge is -2.36. The van der Waals surface area contributed by atoms with Gasteiger partial charge < -0.3 is 15.5 Å². The summed E-state index contributed by atoms with van der Waals surface area (Å²) in [6, 6.07) is 7.31. The lowest BCUT2D eigenvalue weighted by Crippen LogP contribution is -2.53. The number of guanidine groups is 1. The third-order valence-corrected chi connectivity index (χ3v) is 4.82. The number of hydrogen-bond acceptors (Lipinski definition) is 4. The molecule has 0 unspecified atom stereocenters. The highest BCUT2D eigenvalue weighted by Crippen LogP contribution is 2.21. The molecule has 2 aliphatic rings. The molecule has 0 radical (unpaired) electrons. The molecule has 7 heteroatoms. The number of anilines is 1. The van der Waals surface area contributed by atoms with E-state index < -0.39 is 0 Å². The van der Waals surface area contributed by atoms with Crippen molar-refractivity contribution in [1.82, 2.24) is 15.1 Å². The standard InChI is InChI=1S/C18H24N6O/c19-13-21-18(22-16-3-1-2-4-16)24-11-9-23(10-12-24)17(25)14-5-7-15(20)8-6-14/h5-8,16H,1-4,9-12,20H2,(H,21,22). The van der Waals surface area contributed by atoms with E-state index in [2.05, 4.69) is 10.2 Å². The predicted molar refractivity (Wildman–Crippen MR) is 96.8 cm³/mol. The minimum atomic E-state index is 0.0159. The molecule has 132 valence electrons. The zero-order valence-corrected chi connectivity index (χ0v) is 14.3. The Balaban J connectivity index is 1.60. The van der Waals surface area contributed by atoms with Crippen molar-refractivity contribution in [2.24, 2.45) is 4.99 Å². The average molecular weight is 340 g/mol. The number of amides is 1. The van der Waals surface area contributed by atoms with Crippen molar-refractivity contribution in [1.29, 1.82) is 5.26 Å². The zero-order valence-electron chi connectivity index (χ0n) is 14.3. The number of nitrogens with two attached hydrogens (primary N) is 1. The first-order valence-corrected chi connectivity index (χ1v) is 8.80. The molecule has 1 aromatic rings. The summed E-state index contributed by atoms with van der Waals surface area (Å²) in [6.45, 7) is 2.56. The lowest BCUT2D eigenvalue weighted by atomic mass is 10.1. The SMILES string of the molecule is N#CNC(=NC1CCCC1)N1CCN(C(=O)c2ccc(N)cc2)CC1.